The Morgan fingerprint density at radius 2 is 2.12 bits per heavy atom. The number of nitriles is 1. The van der Waals surface area contributed by atoms with Crippen LogP contribution < -0.4 is 5.73 Å². The quantitative estimate of drug-likeness (QED) is 0.865. The van der Waals surface area contributed by atoms with Crippen molar-refractivity contribution in [1.82, 2.24) is 0 Å². The monoisotopic (exact) mass is 292 g/mol. The van der Waals surface area contributed by atoms with Crippen molar-refractivity contribution >= 4 is 33.0 Å². The van der Waals surface area contributed by atoms with Crippen LogP contribution in [0.4, 0.5) is 5.69 Å². The first-order chi connectivity index (χ1) is 7.61. The second kappa shape index (κ2) is 4.28. The van der Waals surface area contributed by atoms with Crippen LogP contribution in [0.15, 0.2) is 28.7 Å². The molecule has 0 saturated carbocycles. The normalized spacial score (nSPS) is 10.1. The third kappa shape index (κ3) is 1.97. The van der Waals surface area contributed by atoms with E-state index in [-0.39, 0.29) is 0 Å². The largest absolute Gasteiger partial charge is 0.397 e. The van der Waals surface area contributed by atoms with Gasteiger partial charge in [-0.2, -0.15) is 5.26 Å². The zero-order valence-electron chi connectivity index (χ0n) is 8.62. The number of hydrogen-bond acceptors (Lipinski definition) is 3. The molecule has 0 aliphatic rings. The molecule has 0 atom stereocenters. The van der Waals surface area contributed by atoms with Gasteiger partial charge in [-0.3, -0.25) is 0 Å². The van der Waals surface area contributed by atoms with Crippen molar-refractivity contribution < 1.29 is 0 Å². The summed E-state index contributed by atoms with van der Waals surface area (Å²) in [6.07, 6.45) is 0. The van der Waals surface area contributed by atoms with Gasteiger partial charge in [-0.1, -0.05) is 27.6 Å². The van der Waals surface area contributed by atoms with Crippen LogP contribution in [0.5, 0.6) is 0 Å². The van der Waals surface area contributed by atoms with Gasteiger partial charge in [-0.05, 0) is 25.1 Å². The van der Waals surface area contributed by atoms with Crippen LogP contribution in [0.2, 0.25) is 0 Å². The number of aryl methyl sites for hydroxylation is 1. The van der Waals surface area contributed by atoms with Crippen LogP contribution >= 0.6 is 27.3 Å². The molecule has 0 aliphatic heterocycles. The Morgan fingerprint density at radius 1 is 1.38 bits per heavy atom. The number of hydrogen-bond donors (Lipinski definition) is 1. The van der Waals surface area contributed by atoms with E-state index in [1.165, 1.54) is 16.9 Å². The molecule has 0 fully saturated rings. The molecule has 16 heavy (non-hydrogen) atoms. The van der Waals surface area contributed by atoms with E-state index in [1.54, 1.807) is 0 Å². The number of nitrogens with two attached hydrogens (primary N) is 1. The van der Waals surface area contributed by atoms with Crippen molar-refractivity contribution in [2.24, 2.45) is 0 Å². The highest BCUT2D eigenvalue weighted by atomic mass is 79.9. The van der Waals surface area contributed by atoms with Crippen molar-refractivity contribution in [3.05, 3.63) is 39.2 Å². The lowest BCUT2D eigenvalue weighted by atomic mass is 10.1. The van der Waals surface area contributed by atoms with Gasteiger partial charge in [-0.15, -0.1) is 11.3 Å². The first-order valence-electron chi connectivity index (χ1n) is 4.67. The Hall–Kier alpha value is -1.31. The number of halogens is 1. The first-order valence-corrected chi connectivity index (χ1v) is 6.28. The highest BCUT2D eigenvalue weighted by molar-refractivity contribution is 9.10. The average Bonchev–Trinajstić information content (AvgIpc) is 2.63. The number of benzene rings is 1. The fourth-order valence-corrected chi connectivity index (χ4v) is 2.95. The topological polar surface area (TPSA) is 49.8 Å². The number of thiophene rings is 1. The minimum Gasteiger partial charge on any atom is -0.397 e. The van der Waals surface area contributed by atoms with Crippen LogP contribution in [0, 0.1) is 18.3 Å². The maximum absolute atomic E-state index is 8.87. The minimum atomic E-state index is 0.552. The molecule has 0 bridgehead atoms. The zero-order chi connectivity index (χ0) is 11.7. The van der Waals surface area contributed by atoms with E-state index in [4.69, 9.17) is 11.0 Å². The molecule has 2 nitrogen and oxygen atoms in total. The second-order valence-corrected chi connectivity index (χ2v) is 5.40. The van der Waals surface area contributed by atoms with E-state index < -0.39 is 0 Å². The van der Waals surface area contributed by atoms with Gasteiger partial charge in [0.1, 0.15) is 10.9 Å². The molecule has 0 spiro atoms. The van der Waals surface area contributed by atoms with E-state index in [0.717, 1.165) is 14.9 Å². The van der Waals surface area contributed by atoms with Crippen LogP contribution in [0.3, 0.4) is 0 Å². The summed E-state index contributed by atoms with van der Waals surface area (Å²) in [5.74, 6) is 0. The molecule has 2 rings (SSSR count). The third-order valence-electron chi connectivity index (χ3n) is 2.25. The predicted molar refractivity (Wildman–Crippen MR) is 71.3 cm³/mol. The lowest BCUT2D eigenvalue weighted by molar-refractivity contribution is 1.46. The molecule has 0 amide bonds. The standard InChI is InChI=1S/C12H9BrN2S/c1-7-2-3-9(13)8(4-7)11-5-10(15)12(6-14)16-11/h2-5H,15H2,1H3. The summed E-state index contributed by atoms with van der Waals surface area (Å²) in [7, 11) is 0. The van der Waals surface area contributed by atoms with Crippen molar-refractivity contribution in [2.45, 2.75) is 6.92 Å². The molecular weight excluding hydrogens is 284 g/mol. The van der Waals surface area contributed by atoms with Gasteiger partial charge in [0.15, 0.2) is 0 Å². The van der Waals surface area contributed by atoms with Crippen LogP contribution in [0.25, 0.3) is 10.4 Å². The fraction of sp³-hybridized carbons (Fsp3) is 0.0833. The summed E-state index contributed by atoms with van der Waals surface area (Å²) in [5.41, 5.74) is 8.57. The lowest BCUT2D eigenvalue weighted by Gasteiger charge is -2.02. The smallest absolute Gasteiger partial charge is 0.128 e. The predicted octanol–water partition coefficient (Wildman–Crippen LogP) is 3.94. The highest BCUT2D eigenvalue weighted by Gasteiger charge is 2.10. The lowest BCUT2D eigenvalue weighted by Crippen LogP contribution is -1.82. The number of anilines is 1. The fourth-order valence-electron chi connectivity index (χ4n) is 1.45. The van der Waals surface area contributed by atoms with Crippen molar-refractivity contribution in [2.75, 3.05) is 5.73 Å². The third-order valence-corrected chi connectivity index (χ3v) is 4.03. The molecule has 0 aliphatic carbocycles. The Balaban J connectivity index is 2.59. The number of nitrogens with zero attached hydrogens (tertiary/aromatic N) is 1. The minimum absolute atomic E-state index is 0.552. The van der Waals surface area contributed by atoms with E-state index in [1.807, 2.05) is 25.1 Å². The number of nitrogen functional groups attached to an aromatic ring is 1. The van der Waals surface area contributed by atoms with E-state index >= 15 is 0 Å². The SMILES string of the molecule is Cc1ccc(Br)c(-c2cc(N)c(C#N)s2)c1. The van der Waals surface area contributed by atoms with Crippen LogP contribution in [-0.4, -0.2) is 0 Å². The molecule has 80 valence electrons. The van der Waals surface area contributed by atoms with Gasteiger partial charge in [0.25, 0.3) is 0 Å². The molecule has 2 aromatic rings. The van der Waals surface area contributed by atoms with Gasteiger partial charge in [0, 0.05) is 14.9 Å². The van der Waals surface area contributed by atoms with Gasteiger partial charge in [0.2, 0.25) is 0 Å². The maximum atomic E-state index is 8.87. The van der Waals surface area contributed by atoms with Gasteiger partial charge < -0.3 is 5.73 Å². The Kier molecular flexibility index (Phi) is 2.99. The molecular formula is C12H9BrN2S. The van der Waals surface area contributed by atoms with E-state index in [0.29, 0.717) is 10.6 Å². The Morgan fingerprint density at radius 3 is 2.75 bits per heavy atom. The van der Waals surface area contributed by atoms with Crippen LogP contribution in [0.1, 0.15) is 10.4 Å². The summed E-state index contributed by atoms with van der Waals surface area (Å²) in [5, 5.41) is 8.87. The van der Waals surface area contributed by atoms with E-state index in [9.17, 15) is 0 Å². The summed E-state index contributed by atoms with van der Waals surface area (Å²) >= 11 is 4.93. The van der Waals surface area contributed by atoms with Crippen LogP contribution in [-0.2, 0) is 0 Å². The van der Waals surface area contributed by atoms with Crippen molar-refractivity contribution in [1.29, 1.82) is 5.26 Å². The molecule has 2 N–H and O–H groups in total. The Labute approximate surface area is 106 Å². The summed E-state index contributed by atoms with van der Waals surface area (Å²) in [4.78, 5) is 1.59. The van der Waals surface area contributed by atoms with E-state index in [2.05, 4.69) is 28.1 Å². The second-order valence-electron chi connectivity index (χ2n) is 3.49. The summed E-state index contributed by atoms with van der Waals surface area (Å²) in [6, 6.07) is 10.1. The molecule has 1 heterocycles. The van der Waals surface area contributed by atoms with Gasteiger partial charge in [0.05, 0.1) is 5.69 Å². The zero-order valence-corrected chi connectivity index (χ0v) is 11.0. The number of rotatable bonds is 1. The van der Waals surface area contributed by atoms with Crippen molar-refractivity contribution in [3.8, 4) is 16.5 Å². The molecule has 1 aromatic heterocycles. The maximum Gasteiger partial charge on any atom is 0.128 e. The first kappa shape index (κ1) is 11.2. The van der Waals surface area contributed by atoms with Gasteiger partial charge >= 0.3 is 0 Å². The molecule has 1 aromatic carbocycles. The van der Waals surface area contributed by atoms with Gasteiger partial charge in [-0.25, -0.2) is 0 Å². The highest BCUT2D eigenvalue weighted by Crippen LogP contribution is 2.37. The van der Waals surface area contributed by atoms with Crippen molar-refractivity contribution in [3.63, 3.8) is 0 Å². The molecule has 0 unspecified atom stereocenters. The summed E-state index contributed by atoms with van der Waals surface area (Å²) in [6.45, 7) is 2.04. The Bertz CT molecular complexity index is 581. The average molecular weight is 293 g/mol. The summed E-state index contributed by atoms with van der Waals surface area (Å²) < 4.78 is 1.02. The molecule has 0 saturated heterocycles. The molecule has 0 radical (unpaired) electrons. The molecule has 4 heteroatoms.